The summed E-state index contributed by atoms with van der Waals surface area (Å²) >= 11 is 3.46. The van der Waals surface area contributed by atoms with Crippen molar-refractivity contribution in [3.05, 3.63) is 84.2 Å². The van der Waals surface area contributed by atoms with Crippen molar-refractivity contribution >= 4 is 49.3 Å². The van der Waals surface area contributed by atoms with Crippen molar-refractivity contribution in [1.29, 1.82) is 0 Å². The van der Waals surface area contributed by atoms with Crippen LogP contribution in [0.1, 0.15) is 0 Å². The maximum Gasteiger partial charge on any atom is 0.129 e. The molecule has 0 unspecified atom stereocenters. The summed E-state index contributed by atoms with van der Waals surface area (Å²) in [6.45, 7) is 0.819. The minimum atomic E-state index is 0.812. The van der Waals surface area contributed by atoms with E-state index in [1.807, 2.05) is 24.3 Å². The summed E-state index contributed by atoms with van der Waals surface area (Å²) in [5, 5.41) is 3.11. The normalized spacial score (nSPS) is 13.1. The second-order valence-corrected chi connectivity index (χ2v) is 9.67. The van der Waals surface area contributed by atoms with Crippen LogP contribution in [-0.2, 0) is 0 Å². The minimum Gasteiger partial charge on any atom is -0.457 e. The van der Waals surface area contributed by atoms with Gasteiger partial charge in [-0.15, -0.1) is 22.7 Å². The number of para-hydroxylation sites is 2. The molecular weight excluding hydrogens is 422 g/mol. The molecule has 0 spiro atoms. The fourth-order valence-corrected chi connectivity index (χ4v) is 5.87. The number of ether oxygens (including phenoxy) is 1. The topological polar surface area (TPSA) is 28.6 Å². The second kappa shape index (κ2) is 7.41. The lowest BCUT2D eigenvalue weighted by Gasteiger charge is -2.20. The van der Waals surface area contributed by atoms with E-state index >= 15 is 0 Å². The number of thiazole rings is 1. The van der Waals surface area contributed by atoms with E-state index in [-0.39, 0.29) is 0 Å². The number of thiophene rings is 1. The van der Waals surface area contributed by atoms with E-state index in [0.717, 1.165) is 39.9 Å². The summed E-state index contributed by atoms with van der Waals surface area (Å²) in [5.74, 6) is 1.63. The lowest BCUT2D eigenvalue weighted by molar-refractivity contribution is 0.483. The molecule has 31 heavy (non-hydrogen) atoms. The van der Waals surface area contributed by atoms with E-state index in [9.17, 15) is 0 Å². The number of benzene rings is 3. The Kier molecular flexibility index (Phi) is 4.40. The highest BCUT2D eigenvalue weighted by molar-refractivity contribution is 7.38. The summed E-state index contributed by atoms with van der Waals surface area (Å²) in [7, 11) is 2.12. The van der Waals surface area contributed by atoms with Crippen LogP contribution in [0, 0.1) is 0 Å². The van der Waals surface area contributed by atoms with Gasteiger partial charge in [0.15, 0.2) is 0 Å². The van der Waals surface area contributed by atoms with Crippen LogP contribution in [0.2, 0.25) is 0 Å². The summed E-state index contributed by atoms with van der Waals surface area (Å²) in [6.07, 6.45) is 0. The lowest BCUT2D eigenvalue weighted by Crippen LogP contribution is -2.23. The van der Waals surface area contributed by atoms with Gasteiger partial charge in [-0.25, -0.2) is 4.98 Å². The molecule has 0 saturated heterocycles. The fourth-order valence-electron chi connectivity index (χ4n) is 3.94. The van der Waals surface area contributed by atoms with Gasteiger partial charge in [-0.2, -0.15) is 0 Å². The molecule has 152 valence electrons. The van der Waals surface area contributed by atoms with Crippen molar-refractivity contribution in [2.45, 2.75) is 0 Å². The first-order valence-electron chi connectivity index (χ1n) is 10.0. The molecule has 6 rings (SSSR count). The number of hydrogen-bond acceptors (Lipinski definition) is 6. The van der Waals surface area contributed by atoms with Crippen LogP contribution in [-0.4, -0.2) is 18.7 Å². The van der Waals surface area contributed by atoms with E-state index in [1.54, 1.807) is 22.7 Å². The average Bonchev–Trinajstić information content (AvgIpc) is 3.48. The molecule has 3 heterocycles. The zero-order valence-corrected chi connectivity index (χ0v) is 18.5. The van der Waals surface area contributed by atoms with Gasteiger partial charge in [-0.05, 0) is 47.8 Å². The third-order valence-corrected chi connectivity index (χ3v) is 7.55. The van der Waals surface area contributed by atoms with Gasteiger partial charge in [0.1, 0.15) is 20.5 Å². The largest absolute Gasteiger partial charge is 0.457 e. The van der Waals surface area contributed by atoms with Gasteiger partial charge in [-0.1, -0.05) is 30.3 Å². The predicted octanol–water partition coefficient (Wildman–Crippen LogP) is 7.36. The average molecular weight is 442 g/mol. The van der Waals surface area contributed by atoms with E-state index in [4.69, 9.17) is 9.72 Å². The van der Waals surface area contributed by atoms with Gasteiger partial charge < -0.3 is 14.5 Å². The third-order valence-electron chi connectivity index (χ3n) is 5.40. The van der Waals surface area contributed by atoms with Gasteiger partial charge in [0.25, 0.3) is 0 Å². The highest BCUT2D eigenvalue weighted by Gasteiger charge is 2.24. The van der Waals surface area contributed by atoms with Crippen molar-refractivity contribution in [2.24, 2.45) is 0 Å². The van der Waals surface area contributed by atoms with Crippen LogP contribution in [0.15, 0.2) is 84.2 Å². The first-order valence-corrected chi connectivity index (χ1v) is 11.7. The van der Waals surface area contributed by atoms with E-state index in [2.05, 4.69) is 76.8 Å². The maximum atomic E-state index is 6.25. The van der Waals surface area contributed by atoms with Crippen LogP contribution >= 0.6 is 22.7 Å². The fraction of sp³-hybridized carbons (Fsp3) is 0.0800. The SMILES string of the molecule is CN1CN(c2cccc(Oc3cccc(-c4nc5ccsc5s4)c3)c2)c2ccccc21. The number of fused-ring (bicyclic) bond motifs is 2. The third kappa shape index (κ3) is 3.34. The Labute approximate surface area is 188 Å². The van der Waals surface area contributed by atoms with Crippen LogP contribution < -0.4 is 14.5 Å². The highest BCUT2D eigenvalue weighted by Crippen LogP contribution is 2.41. The Morgan fingerprint density at radius 2 is 1.68 bits per heavy atom. The highest BCUT2D eigenvalue weighted by atomic mass is 32.2. The molecule has 6 heteroatoms. The van der Waals surface area contributed by atoms with Crippen LogP contribution in [0.3, 0.4) is 0 Å². The van der Waals surface area contributed by atoms with Gasteiger partial charge in [0.2, 0.25) is 0 Å². The molecule has 0 saturated carbocycles. The molecule has 0 N–H and O–H groups in total. The molecule has 4 nitrogen and oxygen atoms in total. The van der Waals surface area contributed by atoms with E-state index in [0.29, 0.717) is 0 Å². The van der Waals surface area contributed by atoms with Crippen molar-refractivity contribution in [1.82, 2.24) is 4.98 Å². The molecule has 0 fully saturated rings. The predicted molar refractivity (Wildman–Crippen MR) is 131 cm³/mol. The molecule has 3 aromatic carbocycles. The van der Waals surface area contributed by atoms with E-state index < -0.39 is 0 Å². The second-order valence-electron chi connectivity index (χ2n) is 7.50. The number of rotatable bonds is 4. The summed E-state index contributed by atoms with van der Waals surface area (Å²) < 4.78 is 7.50. The molecule has 0 bridgehead atoms. The quantitative estimate of drug-likeness (QED) is 0.291. The smallest absolute Gasteiger partial charge is 0.129 e. The molecule has 0 aliphatic carbocycles. The summed E-state index contributed by atoms with van der Waals surface area (Å²) in [5.41, 5.74) is 5.72. The monoisotopic (exact) mass is 441 g/mol. The number of anilines is 3. The number of aromatic nitrogens is 1. The van der Waals surface area contributed by atoms with Crippen molar-refractivity contribution in [2.75, 3.05) is 23.5 Å². The Morgan fingerprint density at radius 3 is 2.55 bits per heavy atom. The molecule has 2 aromatic heterocycles. The molecule has 1 aliphatic rings. The van der Waals surface area contributed by atoms with Crippen LogP contribution in [0.4, 0.5) is 17.1 Å². The van der Waals surface area contributed by atoms with Crippen molar-refractivity contribution in [3.63, 3.8) is 0 Å². The molecular formula is C25H19N3OS2. The Hall–Kier alpha value is -3.35. The zero-order chi connectivity index (χ0) is 20.8. The van der Waals surface area contributed by atoms with Gasteiger partial charge in [0.05, 0.1) is 23.6 Å². The van der Waals surface area contributed by atoms with Gasteiger partial charge in [-0.3, -0.25) is 0 Å². The van der Waals surface area contributed by atoms with Crippen molar-refractivity contribution in [3.8, 4) is 22.1 Å². The van der Waals surface area contributed by atoms with Gasteiger partial charge >= 0.3 is 0 Å². The first-order chi connectivity index (χ1) is 15.2. The summed E-state index contributed by atoms with van der Waals surface area (Å²) in [4.78, 5) is 9.31. The number of hydrogen-bond donors (Lipinski definition) is 0. The maximum absolute atomic E-state index is 6.25. The standard InChI is InChI=1S/C25H19N3OS2/c1-27-16-28(23-11-3-2-10-22(23)27)18-7-5-9-20(15-18)29-19-8-4-6-17(14-19)24-26-21-12-13-30-25(21)31-24/h2-15H,16H2,1H3. The minimum absolute atomic E-state index is 0.812. The van der Waals surface area contributed by atoms with Crippen LogP contribution in [0.5, 0.6) is 11.5 Å². The Balaban J connectivity index is 1.28. The molecule has 0 radical (unpaired) electrons. The van der Waals surface area contributed by atoms with E-state index in [1.165, 1.54) is 15.4 Å². The molecule has 0 atom stereocenters. The zero-order valence-electron chi connectivity index (χ0n) is 16.9. The molecule has 5 aromatic rings. The number of nitrogens with zero attached hydrogens (tertiary/aromatic N) is 3. The summed E-state index contributed by atoms with van der Waals surface area (Å²) in [6, 6.07) is 27.0. The van der Waals surface area contributed by atoms with Crippen LogP contribution in [0.25, 0.3) is 20.1 Å². The lowest BCUT2D eigenvalue weighted by atomic mass is 10.2. The Bertz CT molecular complexity index is 1360. The Morgan fingerprint density at radius 1 is 0.871 bits per heavy atom. The first kappa shape index (κ1) is 18.4. The molecule has 0 amide bonds. The van der Waals surface area contributed by atoms with Gasteiger partial charge in [0, 0.05) is 24.4 Å². The molecule has 1 aliphatic heterocycles. The van der Waals surface area contributed by atoms with Crippen molar-refractivity contribution < 1.29 is 4.74 Å².